The zero-order valence-electron chi connectivity index (χ0n) is 15.7. The Morgan fingerprint density at radius 2 is 1.63 bits per heavy atom. The van der Waals surface area contributed by atoms with Gasteiger partial charge in [-0.2, -0.15) is 5.26 Å². The van der Waals surface area contributed by atoms with Gasteiger partial charge in [0.1, 0.15) is 11.6 Å². The summed E-state index contributed by atoms with van der Waals surface area (Å²) < 4.78 is 0. The van der Waals surface area contributed by atoms with Crippen molar-refractivity contribution in [2.24, 2.45) is 0 Å². The monoisotopic (exact) mass is 356 g/mol. The van der Waals surface area contributed by atoms with E-state index in [1.165, 1.54) is 6.42 Å². The van der Waals surface area contributed by atoms with Gasteiger partial charge in [-0.3, -0.25) is 4.79 Å². The molecule has 0 aliphatic carbocycles. The quantitative estimate of drug-likeness (QED) is 0.259. The van der Waals surface area contributed by atoms with Gasteiger partial charge in [0.05, 0.1) is 0 Å². The maximum absolute atomic E-state index is 12.5. The zero-order chi connectivity index (χ0) is 19.1. The van der Waals surface area contributed by atoms with Crippen LogP contribution < -0.4 is 5.32 Å². The minimum absolute atomic E-state index is 0.145. The number of hydrogen-bond donors (Lipinski definition) is 1. The first-order valence-corrected chi connectivity index (χ1v) is 9.55. The van der Waals surface area contributed by atoms with Crippen LogP contribution in [0.15, 0.2) is 60.2 Å². The number of nitrogens with zero attached hydrogens (tertiary/aromatic N) is 1. The van der Waals surface area contributed by atoms with Gasteiger partial charge in [-0.1, -0.05) is 74.7 Å². The lowest BCUT2D eigenvalue weighted by Gasteiger charge is -2.09. The Balaban J connectivity index is 1.96. The summed E-state index contributed by atoms with van der Waals surface area (Å²) in [6, 6.07) is 20.4. The first kappa shape index (κ1) is 18.7. The van der Waals surface area contributed by atoms with E-state index >= 15 is 0 Å². The highest BCUT2D eigenvalue weighted by molar-refractivity contribution is 6.11. The molecule has 3 aromatic rings. The summed E-state index contributed by atoms with van der Waals surface area (Å²) >= 11 is 0. The van der Waals surface area contributed by atoms with Crippen molar-refractivity contribution in [2.45, 2.75) is 32.6 Å². The van der Waals surface area contributed by atoms with Crippen LogP contribution in [-0.4, -0.2) is 12.5 Å². The summed E-state index contributed by atoms with van der Waals surface area (Å²) in [5.74, 6) is -0.300. The Morgan fingerprint density at radius 1 is 1.00 bits per heavy atom. The van der Waals surface area contributed by atoms with E-state index in [2.05, 4.69) is 36.5 Å². The summed E-state index contributed by atoms with van der Waals surface area (Å²) in [7, 11) is 0. The van der Waals surface area contributed by atoms with E-state index in [9.17, 15) is 10.1 Å². The lowest BCUT2D eigenvalue weighted by Crippen LogP contribution is -2.25. The molecule has 0 unspecified atom stereocenters. The molecule has 136 valence electrons. The lowest BCUT2D eigenvalue weighted by molar-refractivity contribution is -0.117. The number of rotatable bonds is 7. The molecule has 0 heterocycles. The van der Waals surface area contributed by atoms with Crippen LogP contribution >= 0.6 is 0 Å². The van der Waals surface area contributed by atoms with E-state index in [0.29, 0.717) is 6.54 Å². The molecular weight excluding hydrogens is 332 g/mol. The number of amides is 1. The van der Waals surface area contributed by atoms with Crippen molar-refractivity contribution < 1.29 is 4.79 Å². The standard InChI is InChI=1S/C24H24N2O/c1-2-3-4-9-14-26-24(27)20(17-25)16-23-21-12-7-5-10-18(21)15-19-11-6-8-13-22(19)23/h5-8,10-13,15-16H,2-4,9,14H2,1H3,(H,26,27)/b20-16+. The average molecular weight is 356 g/mol. The molecule has 3 nitrogen and oxygen atoms in total. The largest absolute Gasteiger partial charge is 0.351 e. The van der Waals surface area contributed by atoms with Crippen LogP contribution in [0.5, 0.6) is 0 Å². The number of carbonyl (C=O) groups excluding carboxylic acids is 1. The summed E-state index contributed by atoms with van der Waals surface area (Å²) in [6.07, 6.45) is 6.09. The number of fused-ring (bicyclic) bond motifs is 2. The third-order valence-electron chi connectivity index (χ3n) is 4.78. The third-order valence-corrected chi connectivity index (χ3v) is 4.78. The number of nitrogens with one attached hydrogen (secondary N) is 1. The van der Waals surface area contributed by atoms with Gasteiger partial charge in [-0.25, -0.2) is 0 Å². The van der Waals surface area contributed by atoms with Gasteiger partial charge in [0, 0.05) is 6.54 Å². The van der Waals surface area contributed by atoms with Crippen molar-refractivity contribution in [3.63, 3.8) is 0 Å². The van der Waals surface area contributed by atoms with Crippen LogP contribution in [0.2, 0.25) is 0 Å². The van der Waals surface area contributed by atoms with Crippen LogP contribution in [0.3, 0.4) is 0 Å². The van der Waals surface area contributed by atoms with Gasteiger partial charge in [0.25, 0.3) is 5.91 Å². The number of unbranched alkanes of at least 4 members (excludes halogenated alkanes) is 3. The van der Waals surface area contributed by atoms with Crippen LogP contribution in [-0.2, 0) is 4.79 Å². The number of benzene rings is 3. The topological polar surface area (TPSA) is 52.9 Å². The molecule has 1 N–H and O–H groups in total. The van der Waals surface area contributed by atoms with Crippen LogP contribution in [0.1, 0.15) is 38.2 Å². The zero-order valence-corrected chi connectivity index (χ0v) is 15.7. The van der Waals surface area contributed by atoms with Gasteiger partial charge in [-0.05, 0) is 45.7 Å². The molecule has 27 heavy (non-hydrogen) atoms. The second-order valence-electron chi connectivity index (χ2n) is 6.72. The molecule has 0 aliphatic heterocycles. The lowest BCUT2D eigenvalue weighted by atomic mass is 9.95. The number of nitriles is 1. The van der Waals surface area contributed by atoms with Crippen molar-refractivity contribution in [3.05, 3.63) is 65.7 Å². The highest BCUT2D eigenvalue weighted by atomic mass is 16.1. The van der Waals surface area contributed by atoms with E-state index in [-0.39, 0.29) is 11.5 Å². The second-order valence-corrected chi connectivity index (χ2v) is 6.72. The predicted octanol–water partition coefficient (Wildman–Crippen LogP) is 5.60. The first-order chi connectivity index (χ1) is 13.2. The van der Waals surface area contributed by atoms with E-state index in [1.807, 2.05) is 36.4 Å². The van der Waals surface area contributed by atoms with Crippen molar-refractivity contribution in [1.29, 1.82) is 5.26 Å². The molecule has 0 radical (unpaired) electrons. The molecular formula is C24H24N2O. The minimum Gasteiger partial charge on any atom is -0.351 e. The fourth-order valence-corrected chi connectivity index (χ4v) is 3.35. The molecule has 1 amide bonds. The SMILES string of the molecule is CCCCCCNC(=O)/C(C#N)=C/c1c2ccccc2cc2ccccc12. The van der Waals surface area contributed by atoms with Gasteiger partial charge >= 0.3 is 0 Å². The molecule has 3 heteroatoms. The molecule has 0 bridgehead atoms. The number of carbonyl (C=O) groups is 1. The summed E-state index contributed by atoms with van der Waals surface area (Å²) in [5, 5.41) is 16.7. The van der Waals surface area contributed by atoms with E-state index in [1.54, 1.807) is 6.08 Å². The van der Waals surface area contributed by atoms with Gasteiger partial charge < -0.3 is 5.32 Å². The molecule has 0 atom stereocenters. The fourth-order valence-electron chi connectivity index (χ4n) is 3.35. The molecule has 3 aromatic carbocycles. The molecule has 0 fully saturated rings. The van der Waals surface area contributed by atoms with E-state index in [4.69, 9.17) is 0 Å². The molecule has 0 saturated carbocycles. The molecule has 0 aromatic heterocycles. The van der Waals surface area contributed by atoms with Crippen molar-refractivity contribution in [1.82, 2.24) is 5.32 Å². The maximum atomic E-state index is 12.5. The van der Waals surface area contributed by atoms with Gasteiger partial charge in [-0.15, -0.1) is 0 Å². The molecule has 0 spiro atoms. The maximum Gasteiger partial charge on any atom is 0.261 e. The van der Waals surface area contributed by atoms with E-state index in [0.717, 1.165) is 46.4 Å². The Morgan fingerprint density at radius 3 is 2.22 bits per heavy atom. The minimum atomic E-state index is -0.300. The van der Waals surface area contributed by atoms with Crippen molar-refractivity contribution in [2.75, 3.05) is 6.54 Å². The molecule has 0 saturated heterocycles. The number of hydrogen-bond acceptors (Lipinski definition) is 2. The van der Waals surface area contributed by atoms with Crippen LogP contribution in [0, 0.1) is 11.3 Å². The summed E-state index contributed by atoms with van der Waals surface area (Å²) in [5.41, 5.74) is 1.06. The van der Waals surface area contributed by atoms with Crippen LogP contribution in [0.4, 0.5) is 0 Å². The Labute approximate surface area is 160 Å². The second kappa shape index (κ2) is 9.00. The summed E-state index contributed by atoms with van der Waals surface area (Å²) in [6.45, 7) is 2.76. The normalized spacial score (nSPS) is 11.5. The Bertz CT molecular complexity index is 973. The van der Waals surface area contributed by atoms with Gasteiger partial charge in [0.2, 0.25) is 0 Å². The fraction of sp³-hybridized carbons (Fsp3) is 0.250. The highest BCUT2D eigenvalue weighted by Gasteiger charge is 2.12. The Kier molecular flexibility index (Phi) is 6.22. The molecule has 0 aliphatic rings. The predicted molar refractivity (Wildman–Crippen MR) is 112 cm³/mol. The van der Waals surface area contributed by atoms with Crippen molar-refractivity contribution in [3.8, 4) is 6.07 Å². The average Bonchev–Trinajstić information content (AvgIpc) is 2.70. The van der Waals surface area contributed by atoms with Gasteiger partial charge in [0.15, 0.2) is 0 Å². The van der Waals surface area contributed by atoms with Crippen molar-refractivity contribution >= 4 is 33.5 Å². The highest BCUT2D eigenvalue weighted by Crippen LogP contribution is 2.30. The smallest absolute Gasteiger partial charge is 0.261 e. The first-order valence-electron chi connectivity index (χ1n) is 9.55. The van der Waals surface area contributed by atoms with E-state index < -0.39 is 0 Å². The third kappa shape index (κ3) is 4.35. The molecule has 3 rings (SSSR count). The Hall–Kier alpha value is -3.12. The van der Waals surface area contributed by atoms with Crippen LogP contribution in [0.25, 0.3) is 27.6 Å². The summed E-state index contributed by atoms with van der Waals surface area (Å²) in [4.78, 5) is 12.5.